The SMILES string of the molecule is N#Cc1ccccc1-c1ccc2c(nnn2CC2CC2)c1Cl. The molecule has 1 fully saturated rings. The average molecular weight is 309 g/mol. The fourth-order valence-corrected chi connectivity index (χ4v) is 3.01. The molecule has 0 amide bonds. The van der Waals surface area contributed by atoms with Gasteiger partial charge in [-0.15, -0.1) is 5.10 Å². The van der Waals surface area contributed by atoms with Crippen molar-refractivity contribution in [3.8, 4) is 17.2 Å². The van der Waals surface area contributed by atoms with Crippen molar-refractivity contribution in [2.24, 2.45) is 5.92 Å². The summed E-state index contributed by atoms with van der Waals surface area (Å²) in [4.78, 5) is 0. The van der Waals surface area contributed by atoms with Crippen molar-refractivity contribution in [2.45, 2.75) is 19.4 Å². The minimum Gasteiger partial charge on any atom is -0.244 e. The van der Waals surface area contributed by atoms with Crippen LogP contribution in [0.3, 0.4) is 0 Å². The van der Waals surface area contributed by atoms with E-state index in [4.69, 9.17) is 11.6 Å². The Kier molecular flexibility index (Phi) is 3.09. The van der Waals surface area contributed by atoms with Crippen molar-refractivity contribution in [2.75, 3.05) is 0 Å². The van der Waals surface area contributed by atoms with E-state index in [-0.39, 0.29) is 0 Å². The minimum absolute atomic E-state index is 0.558. The van der Waals surface area contributed by atoms with Crippen LogP contribution in [0.1, 0.15) is 18.4 Å². The summed E-state index contributed by atoms with van der Waals surface area (Å²) < 4.78 is 1.93. The van der Waals surface area contributed by atoms with E-state index in [1.165, 1.54) is 12.8 Å². The zero-order valence-corrected chi connectivity index (χ0v) is 12.6. The van der Waals surface area contributed by atoms with E-state index in [0.717, 1.165) is 29.1 Å². The molecule has 0 radical (unpaired) electrons. The van der Waals surface area contributed by atoms with Gasteiger partial charge >= 0.3 is 0 Å². The summed E-state index contributed by atoms with van der Waals surface area (Å²) in [7, 11) is 0. The number of hydrogen-bond donors (Lipinski definition) is 0. The number of hydrogen-bond acceptors (Lipinski definition) is 3. The maximum absolute atomic E-state index is 9.27. The van der Waals surface area contributed by atoms with Crippen LogP contribution in [0.4, 0.5) is 0 Å². The molecule has 0 spiro atoms. The Morgan fingerprint density at radius 1 is 1.18 bits per heavy atom. The summed E-state index contributed by atoms with van der Waals surface area (Å²) in [5, 5.41) is 18.3. The molecule has 3 aromatic rings. The third-order valence-electron chi connectivity index (χ3n) is 4.09. The molecule has 1 heterocycles. The van der Waals surface area contributed by atoms with Gasteiger partial charge in [-0.3, -0.25) is 0 Å². The average Bonchev–Trinajstić information content (AvgIpc) is 3.27. The standard InChI is InChI=1S/C17H13ClN4/c18-16-14(13-4-2-1-3-12(13)9-19)7-8-15-17(16)20-21-22(15)10-11-5-6-11/h1-4,7-8,11H,5-6,10H2. The molecular weight excluding hydrogens is 296 g/mol. The second-order valence-electron chi connectivity index (χ2n) is 5.67. The molecular formula is C17H13ClN4. The van der Waals surface area contributed by atoms with Gasteiger partial charge in [-0.2, -0.15) is 5.26 Å². The van der Waals surface area contributed by atoms with Crippen molar-refractivity contribution in [3.63, 3.8) is 0 Å². The number of aromatic nitrogens is 3. The molecule has 2 aromatic carbocycles. The van der Waals surface area contributed by atoms with Gasteiger partial charge in [0.1, 0.15) is 5.52 Å². The second-order valence-corrected chi connectivity index (χ2v) is 6.05. The predicted octanol–water partition coefficient (Wildman–Crippen LogP) is 4.03. The molecule has 0 N–H and O–H groups in total. The van der Waals surface area contributed by atoms with Gasteiger partial charge in [0.15, 0.2) is 0 Å². The van der Waals surface area contributed by atoms with Gasteiger partial charge in [-0.05, 0) is 30.9 Å². The van der Waals surface area contributed by atoms with E-state index in [0.29, 0.717) is 16.1 Å². The van der Waals surface area contributed by atoms with Gasteiger partial charge in [0.2, 0.25) is 0 Å². The molecule has 0 unspecified atom stereocenters. The van der Waals surface area contributed by atoms with Crippen LogP contribution in [0, 0.1) is 17.2 Å². The summed E-state index contributed by atoms with van der Waals surface area (Å²) in [6.45, 7) is 0.904. The van der Waals surface area contributed by atoms with E-state index >= 15 is 0 Å². The molecule has 0 aliphatic heterocycles. The summed E-state index contributed by atoms with van der Waals surface area (Å²) in [5.74, 6) is 0.725. The van der Waals surface area contributed by atoms with Crippen LogP contribution in [0.25, 0.3) is 22.2 Å². The van der Waals surface area contributed by atoms with Crippen LogP contribution in [0.5, 0.6) is 0 Å². The molecule has 1 aromatic heterocycles. The Labute approximate surface area is 132 Å². The second kappa shape index (κ2) is 5.11. The first kappa shape index (κ1) is 13.3. The van der Waals surface area contributed by atoms with Crippen LogP contribution < -0.4 is 0 Å². The van der Waals surface area contributed by atoms with E-state index in [1.54, 1.807) is 6.07 Å². The van der Waals surface area contributed by atoms with Crippen LogP contribution in [0.15, 0.2) is 36.4 Å². The number of fused-ring (bicyclic) bond motifs is 1. The van der Waals surface area contributed by atoms with E-state index in [9.17, 15) is 5.26 Å². The van der Waals surface area contributed by atoms with Crippen molar-refractivity contribution in [3.05, 3.63) is 47.0 Å². The molecule has 5 heteroatoms. The predicted molar refractivity (Wildman–Crippen MR) is 85.4 cm³/mol. The summed E-state index contributed by atoms with van der Waals surface area (Å²) in [5.41, 5.74) is 3.91. The Morgan fingerprint density at radius 3 is 2.77 bits per heavy atom. The van der Waals surface area contributed by atoms with Gasteiger partial charge < -0.3 is 0 Å². The smallest absolute Gasteiger partial charge is 0.132 e. The highest BCUT2D eigenvalue weighted by atomic mass is 35.5. The lowest BCUT2D eigenvalue weighted by molar-refractivity contribution is 0.559. The number of benzene rings is 2. The molecule has 0 saturated heterocycles. The Balaban J connectivity index is 1.86. The first-order chi connectivity index (χ1) is 10.8. The maximum Gasteiger partial charge on any atom is 0.132 e. The first-order valence-corrected chi connectivity index (χ1v) is 7.67. The van der Waals surface area contributed by atoms with E-state index < -0.39 is 0 Å². The van der Waals surface area contributed by atoms with E-state index in [1.807, 2.05) is 35.0 Å². The highest BCUT2D eigenvalue weighted by molar-refractivity contribution is 6.37. The molecule has 0 atom stereocenters. The lowest BCUT2D eigenvalue weighted by Crippen LogP contribution is -2.01. The number of nitriles is 1. The van der Waals surface area contributed by atoms with Crippen molar-refractivity contribution in [1.82, 2.24) is 15.0 Å². The summed E-state index contributed by atoms with van der Waals surface area (Å²) in [6, 6.07) is 13.6. The zero-order chi connectivity index (χ0) is 15.1. The highest BCUT2D eigenvalue weighted by Gasteiger charge is 2.24. The normalized spacial score (nSPS) is 14.2. The topological polar surface area (TPSA) is 54.5 Å². The van der Waals surface area contributed by atoms with Crippen LogP contribution >= 0.6 is 11.6 Å². The first-order valence-electron chi connectivity index (χ1n) is 7.29. The summed E-state index contributed by atoms with van der Waals surface area (Å²) in [6.07, 6.45) is 2.53. The quantitative estimate of drug-likeness (QED) is 0.734. The van der Waals surface area contributed by atoms with Gasteiger partial charge in [0.25, 0.3) is 0 Å². The lowest BCUT2D eigenvalue weighted by atomic mass is 10.00. The minimum atomic E-state index is 0.558. The Bertz CT molecular complexity index is 903. The number of nitrogens with zero attached hydrogens (tertiary/aromatic N) is 4. The third-order valence-corrected chi connectivity index (χ3v) is 4.47. The van der Waals surface area contributed by atoms with Crippen LogP contribution in [-0.4, -0.2) is 15.0 Å². The maximum atomic E-state index is 9.27. The third kappa shape index (κ3) is 2.15. The molecule has 4 rings (SSSR count). The highest BCUT2D eigenvalue weighted by Crippen LogP contribution is 2.36. The molecule has 22 heavy (non-hydrogen) atoms. The van der Waals surface area contributed by atoms with Crippen molar-refractivity contribution >= 4 is 22.6 Å². The van der Waals surface area contributed by atoms with E-state index in [2.05, 4.69) is 16.4 Å². The number of rotatable bonds is 3. The Morgan fingerprint density at radius 2 is 2.00 bits per heavy atom. The fraction of sp³-hybridized carbons (Fsp3) is 0.235. The molecule has 1 aliphatic rings. The molecule has 0 bridgehead atoms. The largest absolute Gasteiger partial charge is 0.244 e. The molecule has 108 valence electrons. The van der Waals surface area contributed by atoms with Gasteiger partial charge in [-0.25, -0.2) is 4.68 Å². The van der Waals surface area contributed by atoms with Crippen LogP contribution in [-0.2, 0) is 6.54 Å². The van der Waals surface area contributed by atoms with Crippen molar-refractivity contribution in [1.29, 1.82) is 5.26 Å². The number of halogens is 1. The molecule has 1 aliphatic carbocycles. The lowest BCUT2D eigenvalue weighted by Gasteiger charge is -2.07. The van der Waals surface area contributed by atoms with Crippen molar-refractivity contribution < 1.29 is 0 Å². The fourth-order valence-electron chi connectivity index (χ4n) is 2.71. The molecule has 1 saturated carbocycles. The summed E-state index contributed by atoms with van der Waals surface area (Å²) >= 11 is 6.55. The Hall–Kier alpha value is -2.38. The zero-order valence-electron chi connectivity index (χ0n) is 11.8. The van der Waals surface area contributed by atoms with Gasteiger partial charge in [0, 0.05) is 17.7 Å². The van der Waals surface area contributed by atoms with Gasteiger partial charge in [-0.1, -0.05) is 41.1 Å². The van der Waals surface area contributed by atoms with Crippen LogP contribution in [0.2, 0.25) is 5.02 Å². The molecule has 4 nitrogen and oxygen atoms in total. The van der Waals surface area contributed by atoms with Gasteiger partial charge in [0.05, 0.1) is 22.2 Å². The monoisotopic (exact) mass is 308 g/mol.